The van der Waals surface area contributed by atoms with Gasteiger partial charge >= 0.3 is 0 Å². The van der Waals surface area contributed by atoms with E-state index in [0.717, 1.165) is 16.7 Å². The maximum Gasteiger partial charge on any atom is 0.137 e. The van der Waals surface area contributed by atoms with E-state index in [-0.39, 0.29) is 5.75 Å². The Kier molecular flexibility index (Phi) is 3.38. The molecule has 0 radical (unpaired) electrons. The van der Waals surface area contributed by atoms with E-state index in [2.05, 4.69) is 6.07 Å². The number of hydrogen-bond acceptors (Lipinski definition) is 2. The van der Waals surface area contributed by atoms with Gasteiger partial charge in [-0.1, -0.05) is 17.7 Å². The average molecular weight is 210 g/mol. The van der Waals surface area contributed by atoms with E-state index in [0.29, 0.717) is 17.9 Å². The molecule has 0 atom stereocenters. The van der Waals surface area contributed by atoms with Crippen LogP contribution in [0.4, 0.5) is 0 Å². The Morgan fingerprint density at radius 3 is 2.71 bits per heavy atom. The summed E-state index contributed by atoms with van der Waals surface area (Å²) < 4.78 is 0. The molecule has 74 valence electrons. The molecule has 0 fully saturated rings. The second kappa shape index (κ2) is 4.34. The summed E-state index contributed by atoms with van der Waals surface area (Å²) in [5.41, 5.74) is 2.66. The number of hydrogen-bond donors (Lipinski definition) is 1. The van der Waals surface area contributed by atoms with E-state index < -0.39 is 0 Å². The van der Waals surface area contributed by atoms with Gasteiger partial charge in [0, 0.05) is 6.42 Å². The summed E-state index contributed by atoms with van der Waals surface area (Å²) in [5.74, 6) is 0.143. The SMILES string of the molecule is Cc1cc(CCC#N)c(C)c(Cl)c1O. The molecule has 0 aromatic heterocycles. The fourth-order valence-electron chi connectivity index (χ4n) is 1.38. The van der Waals surface area contributed by atoms with Gasteiger partial charge in [-0.2, -0.15) is 5.26 Å². The van der Waals surface area contributed by atoms with Crippen LogP contribution >= 0.6 is 11.6 Å². The molecule has 0 saturated carbocycles. The molecule has 0 unspecified atom stereocenters. The first kappa shape index (κ1) is 10.9. The third kappa shape index (κ3) is 2.00. The van der Waals surface area contributed by atoms with Crippen LogP contribution in [-0.4, -0.2) is 5.11 Å². The van der Waals surface area contributed by atoms with Crippen LogP contribution in [0, 0.1) is 25.2 Å². The van der Waals surface area contributed by atoms with Crippen LogP contribution in [0.1, 0.15) is 23.1 Å². The Labute approximate surface area is 88.7 Å². The molecule has 0 amide bonds. The van der Waals surface area contributed by atoms with Crippen molar-refractivity contribution in [3.63, 3.8) is 0 Å². The van der Waals surface area contributed by atoms with Crippen molar-refractivity contribution in [3.8, 4) is 11.8 Å². The van der Waals surface area contributed by atoms with Crippen LogP contribution in [0.2, 0.25) is 5.02 Å². The highest BCUT2D eigenvalue weighted by molar-refractivity contribution is 6.33. The van der Waals surface area contributed by atoms with E-state index in [4.69, 9.17) is 16.9 Å². The lowest BCUT2D eigenvalue weighted by Crippen LogP contribution is -1.92. The highest BCUT2D eigenvalue weighted by atomic mass is 35.5. The van der Waals surface area contributed by atoms with E-state index >= 15 is 0 Å². The Bertz CT molecular complexity index is 393. The first-order valence-corrected chi connectivity index (χ1v) is 4.80. The summed E-state index contributed by atoms with van der Waals surface area (Å²) in [7, 11) is 0. The summed E-state index contributed by atoms with van der Waals surface area (Å²) in [6, 6.07) is 3.97. The van der Waals surface area contributed by atoms with Crippen molar-refractivity contribution >= 4 is 11.6 Å². The minimum Gasteiger partial charge on any atom is -0.506 e. The highest BCUT2D eigenvalue weighted by Crippen LogP contribution is 2.33. The van der Waals surface area contributed by atoms with E-state index in [1.54, 1.807) is 6.92 Å². The van der Waals surface area contributed by atoms with Crippen LogP contribution in [0.15, 0.2) is 6.07 Å². The maximum atomic E-state index is 9.54. The number of rotatable bonds is 2. The molecule has 2 nitrogen and oxygen atoms in total. The van der Waals surface area contributed by atoms with Crippen molar-refractivity contribution in [1.29, 1.82) is 5.26 Å². The van der Waals surface area contributed by atoms with Gasteiger partial charge in [-0.05, 0) is 37.0 Å². The minimum absolute atomic E-state index is 0.143. The predicted molar refractivity (Wildman–Crippen MR) is 56.5 cm³/mol. The molecule has 0 saturated heterocycles. The van der Waals surface area contributed by atoms with Crippen molar-refractivity contribution in [3.05, 3.63) is 27.8 Å². The molecule has 0 bridgehead atoms. The van der Waals surface area contributed by atoms with Gasteiger partial charge in [-0.25, -0.2) is 0 Å². The van der Waals surface area contributed by atoms with Gasteiger partial charge in [0.1, 0.15) is 5.75 Å². The molecule has 0 heterocycles. The number of nitriles is 1. The summed E-state index contributed by atoms with van der Waals surface area (Å²) >= 11 is 5.93. The van der Waals surface area contributed by atoms with Gasteiger partial charge in [0.15, 0.2) is 0 Å². The zero-order valence-corrected chi connectivity index (χ0v) is 9.02. The molecule has 0 spiro atoms. The van der Waals surface area contributed by atoms with Crippen molar-refractivity contribution in [2.75, 3.05) is 0 Å². The molecule has 3 heteroatoms. The fourth-order valence-corrected chi connectivity index (χ4v) is 1.65. The van der Waals surface area contributed by atoms with Crippen LogP contribution in [0.5, 0.6) is 5.75 Å². The van der Waals surface area contributed by atoms with Gasteiger partial charge < -0.3 is 5.11 Å². The molecule has 0 aliphatic carbocycles. The van der Waals surface area contributed by atoms with Crippen LogP contribution < -0.4 is 0 Å². The Morgan fingerprint density at radius 2 is 2.14 bits per heavy atom. The number of phenols is 1. The molecule has 0 aliphatic rings. The summed E-state index contributed by atoms with van der Waals surface area (Å²) in [6.07, 6.45) is 1.16. The zero-order chi connectivity index (χ0) is 10.7. The van der Waals surface area contributed by atoms with Crippen LogP contribution in [0.25, 0.3) is 0 Å². The number of benzene rings is 1. The van der Waals surface area contributed by atoms with Gasteiger partial charge in [-0.15, -0.1) is 0 Å². The van der Waals surface area contributed by atoms with Gasteiger partial charge in [0.05, 0.1) is 11.1 Å². The zero-order valence-electron chi connectivity index (χ0n) is 8.26. The normalized spacial score (nSPS) is 9.86. The number of phenolic OH excluding ortho intramolecular Hbond substituents is 1. The third-order valence-electron chi connectivity index (χ3n) is 2.29. The van der Waals surface area contributed by atoms with Gasteiger partial charge in [-0.3, -0.25) is 0 Å². The van der Waals surface area contributed by atoms with Crippen molar-refractivity contribution in [2.24, 2.45) is 0 Å². The summed E-state index contributed by atoms with van der Waals surface area (Å²) in [5, 5.41) is 18.4. The van der Waals surface area contributed by atoms with Gasteiger partial charge in [0.25, 0.3) is 0 Å². The Hall–Kier alpha value is -1.20. The number of aryl methyl sites for hydroxylation is 2. The van der Waals surface area contributed by atoms with Crippen molar-refractivity contribution < 1.29 is 5.11 Å². The second-order valence-electron chi connectivity index (χ2n) is 3.30. The maximum absolute atomic E-state index is 9.54. The predicted octanol–water partition coefficient (Wildman–Crippen LogP) is 3.12. The summed E-state index contributed by atoms with van der Waals surface area (Å²) in [6.45, 7) is 3.66. The summed E-state index contributed by atoms with van der Waals surface area (Å²) in [4.78, 5) is 0. The second-order valence-corrected chi connectivity index (χ2v) is 3.68. The highest BCUT2D eigenvalue weighted by Gasteiger charge is 2.10. The quantitative estimate of drug-likeness (QED) is 0.814. The molecule has 1 N–H and O–H groups in total. The molecule has 14 heavy (non-hydrogen) atoms. The minimum atomic E-state index is 0.143. The lowest BCUT2D eigenvalue weighted by Gasteiger charge is -2.10. The number of nitrogens with zero attached hydrogens (tertiary/aromatic N) is 1. The Morgan fingerprint density at radius 1 is 1.50 bits per heavy atom. The molecule has 1 rings (SSSR count). The molecule has 1 aromatic rings. The van der Waals surface area contributed by atoms with E-state index in [1.807, 2.05) is 13.0 Å². The lowest BCUT2D eigenvalue weighted by atomic mass is 10.0. The van der Waals surface area contributed by atoms with Crippen LogP contribution in [-0.2, 0) is 6.42 Å². The van der Waals surface area contributed by atoms with Crippen molar-refractivity contribution in [2.45, 2.75) is 26.7 Å². The topological polar surface area (TPSA) is 44.0 Å². The smallest absolute Gasteiger partial charge is 0.137 e. The van der Waals surface area contributed by atoms with Crippen molar-refractivity contribution in [1.82, 2.24) is 0 Å². The largest absolute Gasteiger partial charge is 0.506 e. The third-order valence-corrected chi connectivity index (χ3v) is 2.75. The van der Waals surface area contributed by atoms with E-state index in [9.17, 15) is 5.11 Å². The van der Waals surface area contributed by atoms with Crippen LogP contribution in [0.3, 0.4) is 0 Å². The fraction of sp³-hybridized carbons (Fsp3) is 0.364. The molecular weight excluding hydrogens is 198 g/mol. The molecule has 0 aliphatic heterocycles. The van der Waals surface area contributed by atoms with E-state index in [1.165, 1.54) is 0 Å². The molecular formula is C11H12ClNO. The number of halogens is 1. The van der Waals surface area contributed by atoms with Gasteiger partial charge in [0.2, 0.25) is 0 Å². The standard InChI is InChI=1S/C11H12ClNO/c1-7-6-9(4-3-5-13)8(2)10(12)11(7)14/h6,14H,3-4H2,1-2H3. The lowest BCUT2D eigenvalue weighted by molar-refractivity contribution is 0.470. The average Bonchev–Trinajstić information content (AvgIpc) is 2.18. The molecule has 1 aromatic carbocycles. The Balaban J connectivity index is 3.14. The monoisotopic (exact) mass is 209 g/mol. The first-order valence-electron chi connectivity index (χ1n) is 4.42. The first-order chi connectivity index (χ1) is 6.57. The number of aromatic hydroxyl groups is 1.